The van der Waals surface area contributed by atoms with Gasteiger partial charge in [-0.2, -0.15) is 5.10 Å². The van der Waals surface area contributed by atoms with Crippen molar-refractivity contribution in [2.24, 2.45) is 0 Å². The van der Waals surface area contributed by atoms with Gasteiger partial charge in [-0.15, -0.1) is 0 Å². The summed E-state index contributed by atoms with van der Waals surface area (Å²) in [5, 5.41) is 15.2. The fraction of sp³-hybridized carbons (Fsp3) is 0.471. The van der Waals surface area contributed by atoms with Crippen molar-refractivity contribution in [1.82, 2.24) is 9.78 Å². The molecular formula is C17H23BrN2O. The summed E-state index contributed by atoms with van der Waals surface area (Å²) >= 11 is 3.64. The molecule has 0 fully saturated rings. The van der Waals surface area contributed by atoms with Gasteiger partial charge in [0.25, 0.3) is 0 Å². The first-order chi connectivity index (χ1) is 10.1. The lowest BCUT2D eigenvalue weighted by atomic mass is 9.92. The molecule has 0 bridgehead atoms. The molecule has 0 radical (unpaired) electrons. The second kappa shape index (κ2) is 7.23. The normalized spacial score (nSPS) is 14.1. The molecule has 0 amide bonds. The van der Waals surface area contributed by atoms with Gasteiger partial charge in [-0.25, -0.2) is 0 Å². The summed E-state index contributed by atoms with van der Waals surface area (Å²) in [6, 6.07) is 10.2. The molecule has 0 spiro atoms. The Labute approximate surface area is 135 Å². The Balaban J connectivity index is 2.19. The smallest absolute Gasteiger partial charge is 0.0766 e. The third kappa shape index (κ3) is 3.55. The molecule has 3 nitrogen and oxygen atoms in total. The van der Waals surface area contributed by atoms with Crippen molar-refractivity contribution < 1.29 is 5.11 Å². The van der Waals surface area contributed by atoms with Crippen LogP contribution in [0, 0.1) is 0 Å². The minimum Gasteiger partial charge on any atom is -0.392 e. The lowest BCUT2D eigenvalue weighted by Gasteiger charge is -2.20. The SMILES string of the molecule is CCc1nn(CC)c(CC(O)C(C)c2ccccc2)c1Br. The van der Waals surface area contributed by atoms with Crippen LogP contribution in [0.2, 0.25) is 0 Å². The first kappa shape index (κ1) is 16.2. The molecule has 2 rings (SSSR count). The van der Waals surface area contributed by atoms with E-state index in [1.165, 1.54) is 5.56 Å². The highest BCUT2D eigenvalue weighted by atomic mass is 79.9. The van der Waals surface area contributed by atoms with Crippen molar-refractivity contribution in [3.63, 3.8) is 0 Å². The van der Waals surface area contributed by atoms with E-state index in [9.17, 15) is 5.11 Å². The Kier molecular flexibility index (Phi) is 5.59. The van der Waals surface area contributed by atoms with Gasteiger partial charge in [0.15, 0.2) is 0 Å². The van der Waals surface area contributed by atoms with Gasteiger partial charge < -0.3 is 5.11 Å². The number of nitrogens with zero attached hydrogens (tertiary/aromatic N) is 2. The molecule has 0 saturated heterocycles. The monoisotopic (exact) mass is 350 g/mol. The fourth-order valence-corrected chi connectivity index (χ4v) is 3.29. The second-order valence-electron chi connectivity index (χ2n) is 5.35. The Morgan fingerprint density at radius 3 is 2.48 bits per heavy atom. The van der Waals surface area contributed by atoms with Crippen LogP contribution in [0.25, 0.3) is 0 Å². The van der Waals surface area contributed by atoms with Crippen LogP contribution in [0.3, 0.4) is 0 Å². The average Bonchev–Trinajstić information content (AvgIpc) is 2.83. The topological polar surface area (TPSA) is 38.0 Å². The molecule has 0 saturated carbocycles. The van der Waals surface area contributed by atoms with Crippen LogP contribution in [0.5, 0.6) is 0 Å². The van der Waals surface area contributed by atoms with Crippen LogP contribution in [0.15, 0.2) is 34.8 Å². The maximum absolute atomic E-state index is 10.6. The predicted molar refractivity (Wildman–Crippen MR) is 89.5 cm³/mol. The molecule has 1 N–H and O–H groups in total. The third-order valence-electron chi connectivity index (χ3n) is 4.00. The largest absolute Gasteiger partial charge is 0.392 e. The van der Waals surface area contributed by atoms with Gasteiger partial charge in [0.1, 0.15) is 0 Å². The standard InChI is InChI=1S/C17H23BrN2O/c1-4-14-17(18)15(20(5-2)19-14)11-16(21)12(3)13-9-7-6-8-10-13/h6-10,12,16,21H,4-5,11H2,1-3H3. The molecule has 0 aliphatic heterocycles. The highest BCUT2D eigenvalue weighted by Crippen LogP contribution is 2.27. The van der Waals surface area contributed by atoms with Crippen molar-refractivity contribution in [2.45, 2.75) is 52.2 Å². The number of aliphatic hydroxyl groups is 1. The lowest BCUT2D eigenvalue weighted by Crippen LogP contribution is -2.21. The predicted octanol–water partition coefficient (Wildman–Crippen LogP) is 3.94. The van der Waals surface area contributed by atoms with Crippen molar-refractivity contribution in [3.8, 4) is 0 Å². The Bertz CT molecular complexity index is 580. The van der Waals surface area contributed by atoms with E-state index in [0.29, 0.717) is 6.42 Å². The summed E-state index contributed by atoms with van der Waals surface area (Å²) in [6.45, 7) is 7.07. The molecule has 2 aromatic rings. The first-order valence-corrected chi connectivity index (χ1v) is 8.34. The highest BCUT2D eigenvalue weighted by Gasteiger charge is 2.22. The van der Waals surface area contributed by atoms with Crippen LogP contribution in [0.4, 0.5) is 0 Å². The van der Waals surface area contributed by atoms with E-state index in [-0.39, 0.29) is 5.92 Å². The van der Waals surface area contributed by atoms with Crippen molar-refractivity contribution in [1.29, 1.82) is 0 Å². The quantitative estimate of drug-likeness (QED) is 0.856. The van der Waals surface area contributed by atoms with Gasteiger partial charge >= 0.3 is 0 Å². The zero-order valence-electron chi connectivity index (χ0n) is 12.9. The number of aryl methyl sites for hydroxylation is 2. The number of rotatable bonds is 6. The zero-order chi connectivity index (χ0) is 15.4. The molecule has 114 valence electrons. The van der Waals surface area contributed by atoms with Gasteiger partial charge in [-0.1, -0.05) is 44.2 Å². The summed E-state index contributed by atoms with van der Waals surface area (Å²) in [6.07, 6.45) is 1.08. The molecule has 4 heteroatoms. The molecule has 1 heterocycles. The maximum atomic E-state index is 10.6. The Morgan fingerprint density at radius 1 is 1.24 bits per heavy atom. The average molecular weight is 351 g/mol. The van der Waals surface area contributed by atoms with Crippen molar-refractivity contribution >= 4 is 15.9 Å². The summed E-state index contributed by atoms with van der Waals surface area (Å²) in [7, 11) is 0. The van der Waals surface area contributed by atoms with E-state index in [4.69, 9.17) is 0 Å². The molecule has 2 atom stereocenters. The molecular weight excluding hydrogens is 328 g/mol. The van der Waals surface area contributed by atoms with Crippen LogP contribution in [-0.2, 0) is 19.4 Å². The van der Waals surface area contributed by atoms with E-state index in [2.05, 4.69) is 53.9 Å². The lowest BCUT2D eigenvalue weighted by molar-refractivity contribution is 0.147. The number of halogens is 1. The number of aliphatic hydroxyl groups excluding tert-OH is 1. The number of aromatic nitrogens is 2. The summed E-state index contributed by atoms with van der Waals surface area (Å²) in [5.74, 6) is 0.100. The molecule has 0 aliphatic rings. The van der Waals surface area contributed by atoms with Crippen LogP contribution in [0.1, 0.15) is 43.6 Å². The molecule has 1 aromatic carbocycles. The van der Waals surface area contributed by atoms with Gasteiger partial charge in [-0.3, -0.25) is 4.68 Å². The zero-order valence-corrected chi connectivity index (χ0v) is 14.5. The van der Waals surface area contributed by atoms with E-state index < -0.39 is 6.10 Å². The van der Waals surface area contributed by atoms with Crippen LogP contribution >= 0.6 is 15.9 Å². The van der Waals surface area contributed by atoms with Gasteiger partial charge in [0.2, 0.25) is 0 Å². The highest BCUT2D eigenvalue weighted by molar-refractivity contribution is 9.10. The van der Waals surface area contributed by atoms with E-state index in [0.717, 1.165) is 28.8 Å². The first-order valence-electron chi connectivity index (χ1n) is 7.55. The Hall–Kier alpha value is -1.13. The fourth-order valence-electron chi connectivity index (χ4n) is 2.57. The van der Waals surface area contributed by atoms with Crippen molar-refractivity contribution in [2.75, 3.05) is 0 Å². The molecule has 21 heavy (non-hydrogen) atoms. The van der Waals surface area contributed by atoms with Gasteiger partial charge in [-0.05, 0) is 34.8 Å². The van der Waals surface area contributed by atoms with Crippen LogP contribution < -0.4 is 0 Å². The molecule has 1 aromatic heterocycles. The minimum absolute atomic E-state index is 0.100. The number of benzene rings is 1. The number of hydrogen-bond acceptors (Lipinski definition) is 2. The number of hydrogen-bond donors (Lipinski definition) is 1. The van der Waals surface area contributed by atoms with Crippen LogP contribution in [-0.4, -0.2) is 21.0 Å². The van der Waals surface area contributed by atoms with E-state index in [1.807, 2.05) is 22.9 Å². The van der Waals surface area contributed by atoms with E-state index >= 15 is 0 Å². The van der Waals surface area contributed by atoms with Gasteiger partial charge in [0.05, 0.1) is 22.0 Å². The summed E-state index contributed by atoms with van der Waals surface area (Å²) in [5.41, 5.74) is 3.32. The van der Waals surface area contributed by atoms with E-state index in [1.54, 1.807) is 0 Å². The maximum Gasteiger partial charge on any atom is 0.0766 e. The summed E-state index contributed by atoms with van der Waals surface area (Å²) in [4.78, 5) is 0. The molecule has 0 aliphatic carbocycles. The minimum atomic E-state index is -0.421. The Morgan fingerprint density at radius 2 is 1.90 bits per heavy atom. The third-order valence-corrected chi connectivity index (χ3v) is 4.91. The second-order valence-corrected chi connectivity index (χ2v) is 6.14. The molecule has 2 unspecified atom stereocenters. The summed E-state index contributed by atoms with van der Waals surface area (Å²) < 4.78 is 3.04. The van der Waals surface area contributed by atoms with Gasteiger partial charge in [0, 0.05) is 18.9 Å². The van der Waals surface area contributed by atoms with Crippen molar-refractivity contribution in [3.05, 3.63) is 51.8 Å².